The van der Waals surface area contributed by atoms with Crippen molar-refractivity contribution in [2.24, 2.45) is 5.73 Å². The van der Waals surface area contributed by atoms with Gasteiger partial charge in [-0.15, -0.1) is 0 Å². The first-order valence-corrected chi connectivity index (χ1v) is 6.01. The molecule has 0 aliphatic rings. The molecule has 0 fully saturated rings. The van der Waals surface area contributed by atoms with Gasteiger partial charge in [-0.1, -0.05) is 0 Å². The molecule has 7 heteroatoms. The van der Waals surface area contributed by atoms with Crippen molar-refractivity contribution in [2.75, 3.05) is 0 Å². The minimum absolute atomic E-state index is 0.174. The molecule has 0 unspecified atom stereocenters. The Hall–Kier alpha value is -2.83. The Balaban J connectivity index is 2.18. The van der Waals surface area contributed by atoms with Crippen LogP contribution in [0.2, 0.25) is 0 Å². The molecular formula is C13H12N4O3. The van der Waals surface area contributed by atoms with Crippen molar-refractivity contribution < 1.29 is 9.21 Å². The first-order valence-electron chi connectivity index (χ1n) is 6.01. The highest BCUT2D eigenvalue weighted by Gasteiger charge is 2.16. The number of imidazole rings is 1. The summed E-state index contributed by atoms with van der Waals surface area (Å²) in [6, 6.07) is 6.95. The smallest absolute Gasteiger partial charge is 0.331 e. The van der Waals surface area contributed by atoms with Gasteiger partial charge in [-0.25, -0.2) is 9.78 Å². The first kappa shape index (κ1) is 12.2. The average molecular weight is 272 g/mol. The number of pyridine rings is 1. The number of rotatable bonds is 4. The number of aromatic nitrogens is 3. The second-order valence-corrected chi connectivity index (χ2v) is 4.35. The second-order valence-electron chi connectivity index (χ2n) is 4.35. The van der Waals surface area contributed by atoms with E-state index in [9.17, 15) is 9.59 Å². The maximum atomic E-state index is 12.4. The maximum absolute atomic E-state index is 12.4. The normalized spacial score (nSPS) is 11.0. The zero-order valence-electron chi connectivity index (χ0n) is 10.5. The molecule has 0 aromatic carbocycles. The van der Waals surface area contributed by atoms with Gasteiger partial charge in [0, 0.05) is 6.20 Å². The molecule has 2 N–H and O–H groups in total. The van der Waals surface area contributed by atoms with Crippen LogP contribution in [0.3, 0.4) is 0 Å². The summed E-state index contributed by atoms with van der Waals surface area (Å²) in [6.45, 7) is 0.0806. The van der Waals surface area contributed by atoms with Gasteiger partial charge in [-0.05, 0) is 24.3 Å². The summed E-state index contributed by atoms with van der Waals surface area (Å²) in [5, 5.41) is 0. The zero-order chi connectivity index (χ0) is 14.1. The Labute approximate surface area is 113 Å². The number of nitrogens with zero attached hydrogens (tertiary/aromatic N) is 3. The van der Waals surface area contributed by atoms with Gasteiger partial charge in [0.25, 0.3) is 0 Å². The standard InChI is InChI=1S/C13H12N4O3/c14-11(18)8-16-10-4-1-5-15-12(10)17(13(16)19)7-9-3-2-6-20-9/h1-6H,7-8H2,(H2,14,18). The number of hydrogen-bond acceptors (Lipinski definition) is 4. The van der Waals surface area contributed by atoms with Crippen LogP contribution in [0.15, 0.2) is 45.9 Å². The number of nitrogens with two attached hydrogens (primary N) is 1. The van der Waals surface area contributed by atoms with Crippen molar-refractivity contribution in [3.8, 4) is 0 Å². The quantitative estimate of drug-likeness (QED) is 0.740. The van der Waals surface area contributed by atoms with Crippen LogP contribution in [0, 0.1) is 0 Å². The Morgan fingerprint density at radius 1 is 1.30 bits per heavy atom. The lowest BCUT2D eigenvalue weighted by atomic mass is 10.4. The van der Waals surface area contributed by atoms with E-state index in [1.807, 2.05) is 0 Å². The topological polar surface area (TPSA) is 96.1 Å². The number of primary amides is 1. The summed E-state index contributed by atoms with van der Waals surface area (Å²) in [5.41, 5.74) is 5.91. The molecular weight excluding hydrogens is 260 g/mol. The Kier molecular flexibility index (Phi) is 2.86. The van der Waals surface area contributed by atoms with E-state index in [2.05, 4.69) is 4.98 Å². The molecule has 3 aromatic heterocycles. The molecule has 0 spiro atoms. The summed E-state index contributed by atoms with van der Waals surface area (Å²) in [4.78, 5) is 27.7. The third-order valence-corrected chi connectivity index (χ3v) is 2.98. The summed E-state index contributed by atoms with van der Waals surface area (Å²) in [6.07, 6.45) is 3.13. The van der Waals surface area contributed by atoms with Gasteiger partial charge in [0.15, 0.2) is 5.65 Å². The fraction of sp³-hybridized carbons (Fsp3) is 0.154. The number of carbonyl (C=O) groups excluding carboxylic acids is 1. The minimum Gasteiger partial charge on any atom is -0.467 e. The highest BCUT2D eigenvalue weighted by molar-refractivity contribution is 5.77. The van der Waals surface area contributed by atoms with Crippen molar-refractivity contribution >= 4 is 17.1 Å². The van der Waals surface area contributed by atoms with E-state index in [1.165, 1.54) is 15.4 Å². The van der Waals surface area contributed by atoms with Crippen LogP contribution >= 0.6 is 0 Å². The van der Waals surface area contributed by atoms with Gasteiger partial charge in [0.2, 0.25) is 5.91 Å². The minimum atomic E-state index is -0.576. The van der Waals surface area contributed by atoms with Crippen LogP contribution in [0.25, 0.3) is 11.2 Å². The van der Waals surface area contributed by atoms with E-state index in [0.29, 0.717) is 16.9 Å². The Morgan fingerprint density at radius 2 is 2.15 bits per heavy atom. The molecule has 0 saturated heterocycles. The molecule has 3 aromatic rings. The van der Waals surface area contributed by atoms with Gasteiger partial charge in [-0.2, -0.15) is 0 Å². The summed E-state index contributed by atoms with van der Waals surface area (Å²) in [7, 11) is 0. The molecule has 1 amide bonds. The number of hydrogen-bond donors (Lipinski definition) is 1. The average Bonchev–Trinajstić information content (AvgIpc) is 3.02. The largest absolute Gasteiger partial charge is 0.467 e. The molecule has 0 aliphatic carbocycles. The number of fused-ring (bicyclic) bond motifs is 1. The second kappa shape index (κ2) is 4.69. The Morgan fingerprint density at radius 3 is 2.85 bits per heavy atom. The van der Waals surface area contributed by atoms with Gasteiger partial charge >= 0.3 is 5.69 Å². The molecule has 20 heavy (non-hydrogen) atoms. The molecule has 0 radical (unpaired) electrons. The lowest BCUT2D eigenvalue weighted by Crippen LogP contribution is -2.29. The zero-order valence-corrected chi connectivity index (χ0v) is 10.5. The summed E-state index contributed by atoms with van der Waals surface area (Å²) < 4.78 is 8.01. The molecule has 3 rings (SSSR count). The number of amides is 1. The third kappa shape index (κ3) is 1.99. The number of furan rings is 1. The van der Waals surface area contributed by atoms with Crippen LogP contribution in [0.4, 0.5) is 0 Å². The monoisotopic (exact) mass is 272 g/mol. The van der Waals surface area contributed by atoms with Gasteiger partial charge in [0.05, 0.1) is 18.3 Å². The Bertz CT molecular complexity index is 814. The van der Waals surface area contributed by atoms with E-state index >= 15 is 0 Å². The van der Waals surface area contributed by atoms with Crippen molar-refractivity contribution in [1.29, 1.82) is 0 Å². The highest BCUT2D eigenvalue weighted by Crippen LogP contribution is 2.12. The third-order valence-electron chi connectivity index (χ3n) is 2.98. The maximum Gasteiger partial charge on any atom is 0.331 e. The van der Waals surface area contributed by atoms with Gasteiger partial charge in [0.1, 0.15) is 12.3 Å². The molecule has 0 atom stereocenters. The first-order chi connectivity index (χ1) is 9.66. The van der Waals surface area contributed by atoms with Crippen LogP contribution in [0.5, 0.6) is 0 Å². The SMILES string of the molecule is NC(=O)Cn1c(=O)n(Cc2ccco2)c2ncccc21. The van der Waals surface area contributed by atoms with E-state index in [1.54, 1.807) is 30.5 Å². The van der Waals surface area contributed by atoms with Crippen molar-refractivity contribution in [1.82, 2.24) is 14.1 Å². The van der Waals surface area contributed by atoms with Crippen LogP contribution in [-0.2, 0) is 17.9 Å². The molecule has 3 heterocycles. The van der Waals surface area contributed by atoms with Crippen LogP contribution in [-0.4, -0.2) is 20.0 Å². The molecule has 7 nitrogen and oxygen atoms in total. The number of carbonyl (C=O) groups is 1. The molecule has 102 valence electrons. The van der Waals surface area contributed by atoms with Crippen molar-refractivity contribution in [2.45, 2.75) is 13.1 Å². The van der Waals surface area contributed by atoms with E-state index < -0.39 is 5.91 Å². The van der Waals surface area contributed by atoms with E-state index in [-0.39, 0.29) is 18.8 Å². The fourth-order valence-electron chi connectivity index (χ4n) is 2.16. The van der Waals surface area contributed by atoms with Crippen LogP contribution < -0.4 is 11.4 Å². The molecule has 0 bridgehead atoms. The highest BCUT2D eigenvalue weighted by atomic mass is 16.3. The fourth-order valence-corrected chi connectivity index (χ4v) is 2.16. The van der Waals surface area contributed by atoms with Gasteiger partial charge in [-0.3, -0.25) is 13.9 Å². The van der Waals surface area contributed by atoms with Crippen molar-refractivity contribution in [3.05, 3.63) is 53.0 Å². The van der Waals surface area contributed by atoms with Gasteiger partial charge < -0.3 is 10.2 Å². The van der Waals surface area contributed by atoms with Crippen LogP contribution in [0.1, 0.15) is 5.76 Å². The summed E-state index contributed by atoms with van der Waals surface area (Å²) >= 11 is 0. The predicted octanol–water partition coefficient (Wildman–Crippen LogP) is 0.325. The lowest BCUT2D eigenvalue weighted by molar-refractivity contribution is -0.118. The predicted molar refractivity (Wildman–Crippen MR) is 71.0 cm³/mol. The van der Waals surface area contributed by atoms with Crippen molar-refractivity contribution in [3.63, 3.8) is 0 Å². The molecule has 0 aliphatic heterocycles. The van der Waals surface area contributed by atoms with E-state index in [4.69, 9.17) is 10.2 Å². The molecule has 0 saturated carbocycles. The van der Waals surface area contributed by atoms with E-state index in [0.717, 1.165) is 0 Å². The lowest BCUT2D eigenvalue weighted by Gasteiger charge is -1.98. The summed E-state index contributed by atoms with van der Waals surface area (Å²) in [5.74, 6) is 0.0591.